The molecule has 2 aliphatic rings. The van der Waals surface area contributed by atoms with Crippen LogP contribution in [0.15, 0.2) is 65.9 Å². The third kappa shape index (κ3) is 3.00. The molecule has 1 aliphatic carbocycles. The Morgan fingerprint density at radius 2 is 1.60 bits per heavy atom. The van der Waals surface area contributed by atoms with Crippen molar-refractivity contribution < 1.29 is 9.59 Å². The average Bonchev–Trinajstić information content (AvgIpc) is 2.61. The number of carbonyl (C=O) groups is 2. The van der Waals surface area contributed by atoms with Crippen LogP contribution in [0.25, 0.3) is 0 Å². The Labute approximate surface area is 151 Å². The van der Waals surface area contributed by atoms with Crippen molar-refractivity contribution in [3.63, 3.8) is 0 Å². The summed E-state index contributed by atoms with van der Waals surface area (Å²) in [6, 6.07) is 17.4. The fourth-order valence-electron chi connectivity index (χ4n) is 3.96. The van der Waals surface area contributed by atoms with Gasteiger partial charge in [-0.25, -0.2) is 0 Å². The van der Waals surface area contributed by atoms with E-state index in [2.05, 4.69) is 5.32 Å². The first-order chi connectivity index (χ1) is 12.1. The quantitative estimate of drug-likeness (QED) is 0.874. The third-order valence-corrected chi connectivity index (χ3v) is 5.43. The molecule has 2 atom stereocenters. The first-order valence-corrected chi connectivity index (χ1v) is 8.86. The number of ketones is 1. The normalized spacial score (nSPS) is 23.2. The van der Waals surface area contributed by atoms with Crippen LogP contribution < -0.4 is 5.32 Å². The molecular formula is C21H18ClNO2. The molecule has 1 amide bonds. The van der Waals surface area contributed by atoms with Crippen molar-refractivity contribution in [2.24, 2.45) is 0 Å². The summed E-state index contributed by atoms with van der Waals surface area (Å²) in [5, 5.41) is 3.62. The van der Waals surface area contributed by atoms with Crippen LogP contribution >= 0.6 is 11.6 Å². The maximum Gasteiger partial charge on any atom is 0.225 e. The van der Waals surface area contributed by atoms with Gasteiger partial charge in [0.25, 0.3) is 0 Å². The van der Waals surface area contributed by atoms with E-state index in [1.807, 2.05) is 54.6 Å². The SMILES string of the molecule is O=C1C[C@@H](c2ccccc2)C2=C(C[C@@H](c3ccccc3Cl)CC2=O)N1. The van der Waals surface area contributed by atoms with Crippen molar-refractivity contribution >= 4 is 23.3 Å². The Balaban J connectivity index is 1.73. The highest BCUT2D eigenvalue weighted by molar-refractivity contribution is 6.31. The minimum Gasteiger partial charge on any atom is -0.329 e. The van der Waals surface area contributed by atoms with Crippen LogP contribution in [-0.4, -0.2) is 11.7 Å². The van der Waals surface area contributed by atoms with Gasteiger partial charge in [-0.1, -0.05) is 60.1 Å². The van der Waals surface area contributed by atoms with Gasteiger partial charge < -0.3 is 5.32 Å². The fourth-order valence-corrected chi connectivity index (χ4v) is 4.25. The van der Waals surface area contributed by atoms with Gasteiger partial charge in [0, 0.05) is 35.1 Å². The van der Waals surface area contributed by atoms with Crippen molar-refractivity contribution in [3.05, 3.63) is 82.0 Å². The van der Waals surface area contributed by atoms with E-state index >= 15 is 0 Å². The topological polar surface area (TPSA) is 46.2 Å². The number of rotatable bonds is 2. The highest BCUT2D eigenvalue weighted by atomic mass is 35.5. The fraction of sp³-hybridized carbons (Fsp3) is 0.238. The number of nitrogens with one attached hydrogen (secondary N) is 1. The molecule has 1 heterocycles. The molecule has 0 spiro atoms. The van der Waals surface area contributed by atoms with Gasteiger partial charge in [0.05, 0.1) is 0 Å². The van der Waals surface area contributed by atoms with Gasteiger partial charge in [0.1, 0.15) is 0 Å². The molecule has 126 valence electrons. The van der Waals surface area contributed by atoms with Gasteiger partial charge in [-0.2, -0.15) is 0 Å². The van der Waals surface area contributed by atoms with E-state index in [1.54, 1.807) is 0 Å². The lowest BCUT2D eigenvalue weighted by Crippen LogP contribution is -2.38. The second kappa shape index (κ2) is 6.49. The number of carbonyl (C=O) groups excluding carboxylic acids is 2. The molecular weight excluding hydrogens is 334 g/mol. The number of hydrogen-bond acceptors (Lipinski definition) is 2. The lowest BCUT2D eigenvalue weighted by Gasteiger charge is -2.34. The molecule has 25 heavy (non-hydrogen) atoms. The lowest BCUT2D eigenvalue weighted by atomic mass is 9.73. The Morgan fingerprint density at radius 3 is 2.36 bits per heavy atom. The van der Waals surface area contributed by atoms with Gasteiger partial charge >= 0.3 is 0 Å². The maximum absolute atomic E-state index is 13.0. The molecule has 1 aliphatic heterocycles. The summed E-state index contributed by atoms with van der Waals surface area (Å²) in [7, 11) is 0. The zero-order valence-corrected chi connectivity index (χ0v) is 14.4. The summed E-state index contributed by atoms with van der Waals surface area (Å²) in [5.74, 6) is -0.0559. The van der Waals surface area contributed by atoms with E-state index in [4.69, 9.17) is 11.6 Å². The lowest BCUT2D eigenvalue weighted by molar-refractivity contribution is -0.122. The summed E-state index contributed by atoms with van der Waals surface area (Å²) in [4.78, 5) is 25.2. The number of hydrogen-bond donors (Lipinski definition) is 1. The van der Waals surface area contributed by atoms with Crippen LogP contribution in [0.5, 0.6) is 0 Å². The molecule has 2 aromatic carbocycles. The van der Waals surface area contributed by atoms with Crippen LogP contribution in [0.2, 0.25) is 5.02 Å². The van der Waals surface area contributed by atoms with E-state index in [1.165, 1.54) is 0 Å². The predicted octanol–water partition coefficient (Wildman–Crippen LogP) is 4.34. The van der Waals surface area contributed by atoms with E-state index < -0.39 is 0 Å². The highest BCUT2D eigenvalue weighted by Crippen LogP contribution is 2.43. The summed E-state index contributed by atoms with van der Waals surface area (Å²) in [6.07, 6.45) is 1.40. The highest BCUT2D eigenvalue weighted by Gasteiger charge is 2.38. The standard InChI is InChI=1S/C21H18ClNO2/c22-17-9-5-4-8-15(17)14-10-18-21(19(24)11-14)16(12-20(25)23-18)13-6-2-1-3-7-13/h1-9,14,16H,10-12H2,(H,23,25)/t14-,16+/m1/s1. The van der Waals surface area contributed by atoms with Crippen molar-refractivity contribution in [2.45, 2.75) is 31.1 Å². The van der Waals surface area contributed by atoms with Crippen LogP contribution in [-0.2, 0) is 9.59 Å². The second-order valence-electron chi connectivity index (χ2n) is 6.66. The van der Waals surface area contributed by atoms with Crippen molar-refractivity contribution in [1.29, 1.82) is 0 Å². The van der Waals surface area contributed by atoms with E-state index in [0.717, 1.165) is 22.4 Å². The first-order valence-electron chi connectivity index (χ1n) is 8.49. The molecule has 0 unspecified atom stereocenters. The molecule has 2 aromatic rings. The van der Waals surface area contributed by atoms with Crippen LogP contribution in [0.1, 0.15) is 42.2 Å². The zero-order valence-electron chi connectivity index (χ0n) is 13.7. The molecule has 4 rings (SSSR count). The Morgan fingerprint density at radius 1 is 0.880 bits per heavy atom. The molecule has 3 nitrogen and oxygen atoms in total. The summed E-state index contributed by atoms with van der Waals surface area (Å²) in [5.41, 5.74) is 3.54. The number of amides is 1. The molecule has 4 heteroatoms. The summed E-state index contributed by atoms with van der Waals surface area (Å²) in [6.45, 7) is 0. The van der Waals surface area contributed by atoms with Crippen LogP contribution in [0.3, 0.4) is 0 Å². The van der Waals surface area contributed by atoms with Crippen molar-refractivity contribution in [3.8, 4) is 0 Å². The minimum atomic E-state index is -0.148. The Kier molecular flexibility index (Phi) is 4.18. The van der Waals surface area contributed by atoms with Crippen LogP contribution in [0.4, 0.5) is 0 Å². The molecule has 0 saturated heterocycles. The zero-order chi connectivity index (χ0) is 17.4. The largest absolute Gasteiger partial charge is 0.329 e. The monoisotopic (exact) mass is 351 g/mol. The smallest absolute Gasteiger partial charge is 0.225 e. The Hall–Kier alpha value is -2.39. The average molecular weight is 352 g/mol. The van der Waals surface area contributed by atoms with Crippen molar-refractivity contribution in [1.82, 2.24) is 5.32 Å². The van der Waals surface area contributed by atoms with E-state index in [0.29, 0.717) is 24.3 Å². The number of Topliss-reactive ketones (excluding diaryl/α,β-unsaturated/α-hetero) is 1. The Bertz CT molecular complexity index is 872. The summed E-state index contributed by atoms with van der Waals surface area (Å²) < 4.78 is 0. The van der Waals surface area contributed by atoms with Crippen molar-refractivity contribution in [2.75, 3.05) is 0 Å². The van der Waals surface area contributed by atoms with Gasteiger partial charge in [-0.05, 0) is 29.5 Å². The van der Waals surface area contributed by atoms with E-state index in [9.17, 15) is 9.59 Å². The van der Waals surface area contributed by atoms with Gasteiger partial charge in [-0.15, -0.1) is 0 Å². The van der Waals surface area contributed by atoms with E-state index in [-0.39, 0.29) is 23.5 Å². The van der Waals surface area contributed by atoms with Gasteiger partial charge in [0.15, 0.2) is 5.78 Å². The minimum absolute atomic E-state index is 0.00905. The molecule has 0 aromatic heterocycles. The number of allylic oxidation sites excluding steroid dienone is 2. The molecule has 0 radical (unpaired) electrons. The van der Waals surface area contributed by atoms with Crippen LogP contribution in [0, 0.1) is 0 Å². The molecule has 0 fully saturated rings. The molecule has 1 N–H and O–H groups in total. The maximum atomic E-state index is 13.0. The molecule has 0 bridgehead atoms. The summed E-state index contributed by atoms with van der Waals surface area (Å²) >= 11 is 6.32. The second-order valence-corrected chi connectivity index (χ2v) is 7.06. The molecule has 0 saturated carbocycles. The third-order valence-electron chi connectivity index (χ3n) is 5.08. The first kappa shape index (κ1) is 16.1. The van der Waals surface area contributed by atoms with Gasteiger partial charge in [-0.3, -0.25) is 9.59 Å². The number of benzene rings is 2. The predicted molar refractivity (Wildman–Crippen MR) is 97.4 cm³/mol. The number of halogens is 1. The van der Waals surface area contributed by atoms with Gasteiger partial charge in [0.2, 0.25) is 5.91 Å².